The third kappa shape index (κ3) is 2.76. The Balaban J connectivity index is 1.82. The first-order chi connectivity index (χ1) is 6.84. The van der Waals surface area contributed by atoms with Crippen LogP contribution in [0.2, 0.25) is 0 Å². The third-order valence-electron chi connectivity index (χ3n) is 2.48. The van der Waals surface area contributed by atoms with Gasteiger partial charge in [-0.1, -0.05) is 17.7 Å². The highest BCUT2D eigenvalue weighted by Gasteiger charge is 2.15. The molecule has 1 aliphatic heterocycles. The molecule has 0 radical (unpaired) electrons. The molecular formula is C12H16OS. The Hall–Kier alpha value is -0.470. The van der Waals surface area contributed by atoms with Gasteiger partial charge in [0.1, 0.15) is 0 Å². The van der Waals surface area contributed by atoms with Crippen LogP contribution in [0, 0.1) is 6.92 Å². The molecule has 1 aromatic carbocycles. The smallest absolute Gasteiger partial charge is 0.0669 e. The average molecular weight is 208 g/mol. The van der Waals surface area contributed by atoms with Gasteiger partial charge in [-0.15, -0.1) is 11.8 Å². The molecule has 2 rings (SSSR count). The second-order valence-electron chi connectivity index (χ2n) is 3.76. The summed E-state index contributed by atoms with van der Waals surface area (Å²) in [7, 11) is 0. The first kappa shape index (κ1) is 10.1. The maximum atomic E-state index is 5.58. The minimum absolute atomic E-state index is 0.487. The number of thioether (sulfide) groups is 1. The maximum Gasteiger partial charge on any atom is 0.0669 e. The van der Waals surface area contributed by atoms with E-state index in [-0.39, 0.29) is 0 Å². The summed E-state index contributed by atoms with van der Waals surface area (Å²) in [5.74, 6) is 1.10. The van der Waals surface area contributed by atoms with E-state index < -0.39 is 0 Å². The van der Waals surface area contributed by atoms with Crippen molar-refractivity contribution in [2.24, 2.45) is 0 Å². The Morgan fingerprint density at radius 2 is 2.14 bits per heavy atom. The van der Waals surface area contributed by atoms with Crippen molar-refractivity contribution in [2.75, 3.05) is 12.4 Å². The van der Waals surface area contributed by atoms with Crippen molar-refractivity contribution in [2.45, 2.75) is 30.8 Å². The molecule has 0 aliphatic carbocycles. The number of hydrogen-bond acceptors (Lipinski definition) is 2. The van der Waals surface area contributed by atoms with Crippen molar-refractivity contribution in [1.82, 2.24) is 0 Å². The van der Waals surface area contributed by atoms with Crippen molar-refractivity contribution in [3.63, 3.8) is 0 Å². The molecular weight excluding hydrogens is 192 g/mol. The molecule has 1 heterocycles. The zero-order valence-corrected chi connectivity index (χ0v) is 9.35. The van der Waals surface area contributed by atoms with Crippen molar-refractivity contribution >= 4 is 11.8 Å². The highest BCUT2D eigenvalue weighted by atomic mass is 32.2. The lowest BCUT2D eigenvalue weighted by atomic mass is 10.2. The van der Waals surface area contributed by atoms with E-state index in [1.807, 2.05) is 11.8 Å². The molecule has 1 aromatic rings. The van der Waals surface area contributed by atoms with E-state index in [4.69, 9.17) is 4.74 Å². The van der Waals surface area contributed by atoms with Crippen LogP contribution in [0.1, 0.15) is 18.4 Å². The Bertz CT molecular complexity index is 275. The molecule has 0 bridgehead atoms. The van der Waals surface area contributed by atoms with Crippen LogP contribution in [-0.2, 0) is 4.74 Å². The second kappa shape index (κ2) is 4.85. The molecule has 0 saturated carbocycles. The summed E-state index contributed by atoms with van der Waals surface area (Å²) < 4.78 is 5.58. The Morgan fingerprint density at radius 1 is 1.36 bits per heavy atom. The standard InChI is InChI=1S/C12H16OS/c1-10-4-6-12(7-5-10)14-9-11-3-2-8-13-11/h4-7,11H,2-3,8-9H2,1H3/t11-/m0/s1. The van der Waals surface area contributed by atoms with Gasteiger partial charge in [0, 0.05) is 17.3 Å². The predicted octanol–water partition coefficient (Wildman–Crippen LogP) is 3.27. The van der Waals surface area contributed by atoms with Gasteiger partial charge in [-0.3, -0.25) is 0 Å². The average Bonchev–Trinajstić information content (AvgIpc) is 2.70. The van der Waals surface area contributed by atoms with E-state index in [1.54, 1.807) is 0 Å². The predicted molar refractivity (Wildman–Crippen MR) is 60.9 cm³/mol. The number of benzene rings is 1. The van der Waals surface area contributed by atoms with Gasteiger partial charge in [0.05, 0.1) is 6.10 Å². The first-order valence-corrected chi connectivity index (χ1v) is 6.14. The van der Waals surface area contributed by atoms with Crippen LogP contribution in [-0.4, -0.2) is 18.5 Å². The summed E-state index contributed by atoms with van der Waals surface area (Å²) in [6.45, 7) is 3.08. The largest absolute Gasteiger partial charge is 0.377 e. The third-order valence-corrected chi connectivity index (χ3v) is 3.62. The highest BCUT2D eigenvalue weighted by molar-refractivity contribution is 7.99. The Morgan fingerprint density at radius 3 is 2.79 bits per heavy atom. The minimum atomic E-state index is 0.487. The Kier molecular flexibility index (Phi) is 3.49. The van der Waals surface area contributed by atoms with Crippen LogP contribution in [0.15, 0.2) is 29.2 Å². The lowest BCUT2D eigenvalue weighted by molar-refractivity contribution is 0.129. The molecule has 1 nitrogen and oxygen atoms in total. The lowest BCUT2D eigenvalue weighted by Gasteiger charge is -2.08. The zero-order valence-electron chi connectivity index (χ0n) is 8.53. The van der Waals surface area contributed by atoms with Crippen LogP contribution in [0.5, 0.6) is 0 Å². The molecule has 0 aromatic heterocycles. The monoisotopic (exact) mass is 208 g/mol. The van der Waals surface area contributed by atoms with Crippen molar-refractivity contribution in [1.29, 1.82) is 0 Å². The normalized spacial score (nSPS) is 21.4. The van der Waals surface area contributed by atoms with E-state index >= 15 is 0 Å². The SMILES string of the molecule is Cc1ccc(SC[C@@H]2CCCO2)cc1. The number of hydrogen-bond donors (Lipinski definition) is 0. The van der Waals surface area contributed by atoms with Gasteiger partial charge in [0.2, 0.25) is 0 Å². The molecule has 0 N–H and O–H groups in total. The minimum Gasteiger partial charge on any atom is -0.377 e. The van der Waals surface area contributed by atoms with Crippen molar-refractivity contribution < 1.29 is 4.74 Å². The molecule has 0 spiro atoms. The van der Waals surface area contributed by atoms with E-state index in [0.29, 0.717) is 6.10 Å². The van der Waals surface area contributed by atoms with Crippen LogP contribution >= 0.6 is 11.8 Å². The van der Waals surface area contributed by atoms with Gasteiger partial charge < -0.3 is 4.74 Å². The Labute approximate surface area is 89.9 Å². The molecule has 1 saturated heterocycles. The van der Waals surface area contributed by atoms with Crippen LogP contribution in [0.25, 0.3) is 0 Å². The summed E-state index contributed by atoms with van der Waals surface area (Å²) in [5.41, 5.74) is 1.33. The van der Waals surface area contributed by atoms with Gasteiger partial charge in [0.15, 0.2) is 0 Å². The van der Waals surface area contributed by atoms with Crippen molar-refractivity contribution in [3.05, 3.63) is 29.8 Å². The van der Waals surface area contributed by atoms with Gasteiger partial charge in [-0.2, -0.15) is 0 Å². The summed E-state index contributed by atoms with van der Waals surface area (Å²) in [6.07, 6.45) is 2.96. The molecule has 1 fully saturated rings. The fraction of sp³-hybridized carbons (Fsp3) is 0.500. The fourth-order valence-corrected chi connectivity index (χ4v) is 2.57. The van der Waals surface area contributed by atoms with E-state index in [0.717, 1.165) is 12.4 Å². The van der Waals surface area contributed by atoms with Gasteiger partial charge in [-0.25, -0.2) is 0 Å². The number of aryl methyl sites for hydroxylation is 1. The molecule has 14 heavy (non-hydrogen) atoms. The zero-order chi connectivity index (χ0) is 9.80. The summed E-state index contributed by atoms with van der Waals surface area (Å²) in [5, 5.41) is 0. The highest BCUT2D eigenvalue weighted by Crippen LogP contribution is 2.23. The second-order valence-corrected chi connectivity index (χ2v) is 4.85. The molecule has 2 heteroatoms. The summed E-state index contributed by atoms with van der Waals surface area (Å²) >= 11 is 1.90. The summed E-state index contributed by atoms with van der Waals surface area (Å²) in [4.78, 5) is 1.35. The quantitative estimate of drug-likeness (QED) is 0.705. The first-order valence-electron chi connectivity index (χ1n) is 5.16. The van der Waals surface area contributed by atoms with E-state index in [1.165, 1.54) is 23.3 Å². The fourth-order valence-electron chi connectivity index (χ4n) is 1.60. The number of rotatable bonds is 3. The van der Waals surface area contributed by atoms with Crippen LogP contribution in [0.3, 0.4) is 0 Å². The van der Waals surface area contributed by atoms with Gasteiger partial charge in [-0.05, 0) is 31.9 Å². The van der Waals surface area contributed by atoms with Gasteiger partial charge in [0.25, 0.3) is 0 Å². The van der Waals surface area contributed by atoms with Crippen molar-refractivity contribution in [3.8, 4) is 0 Å². The maximum absolute atomic E-state index is 5.58. The number of ether oxygens (including phenoxy) is 1. The molecule has 0 unspecified atom stereocenters. The molecule has 0 amide bonds. The molecule has 76 valence electrons. The van der Waals surface area contributed by atoms with E-state index in [2.05, 4.69) is 31.2 Å². The van der Waals surface area contributed by atoms with Crippen LogP contribution in [0.4, 0.5) is 0 Å². The summed E-state index contributed by atoms with van der Waals surface area (Å²) in [6, 6.07) is 8.71. The molecule has 1 atom stereocenters. The van der Waals surface area contributed by atoms with Gasteiger partial charge >= 0.3 is 0 Å². The molecule has 1 aliphatic rings. The van der Waals surface area contributed by atoms with Crippen LogP contribution < -0.4 is 0 Å². The topological polar surface area (TPSA) is 9.23 Å². The van der Waals surface area contributed by atoms with E-state index in [9.17, 15) is 0 Å². The lowest BCUT2D eigenvalue weighted by Crippen LogP contribution is -2.07.